The summed E-state index contributed by atoms with van der Waals surface area (Å²) in [5, 5.41) is 10.3. The van der Waals surface area contributed by atoms with Gasteiger partial charge in [-0.3, -0.25) is 0 Å². The van der Waals surface area contributed by atoms with Crippen LogP contribution in [0.1, 0.15) is 22.1 Å². The van der Waals surface area contributed by atoms with Gasteiger partial charge in [0.05, 0.1) is 4.34 Å². The average Bonchev–Trinajstić information content (AvgIpc) is 2.58. The highest BCUT2D eigenvalue weighted by Crippen LogP contribution is 2.37. The van der Waals surface area contributed by atoms with Crippen molar-refractivity contribution >= 4 is 54.8 Å². The van der Waals surface area contributed by atoms with E-state index in [1.807, 2.05) is 31.2 Å². The monoisotopic (exact) mass is 394 g/mol. The van der Waals surface area contributed by atoms with E-state index in [0.29, 0.717) is 0 Å². The molecule has 1 unspecified atom stereocenters. The van der Waals surface area contributed by atoms with Gasteiger partial charge in [0.1, 0.15) is 6.10 Å². The molecule has 2 aromatic rings. The van der Waals surface area contributed by atoms with Crippen molar-refractivity contribution in [3.63, 3.8) is 0 Å². The van der Waals surface area contributed by atoms with Crippen molar-refractivity contribution in [2.75, 3.05) is 0 Å². The molecular formula is C12H9Br2ClOS. The van der Waals surface area contributed by atoms with Crippen molar-refractivity contribution in [1.82, 2.24) is 0 Å². The number of halogens is 3. The minimum absolute atomic E-state index is 0.645. The van der Waals surface area contributed by atoms with Crippen LogP contribution in [0.4, 0.5) is 0 Å². The van der Waals surface area contributed by atoms with Crippen LogP contribution in [-0.4, -0.2) is 5.11 Å². The SMILES string of the molecule is Cc1cc(C(O)c2ccc(Br)cc2Br)sc1Cl. The van der Waals surface area contributed by atoms with Crippen LogP contribution in [0.3, 0.4) is 0 Å². The Labute approximate surface area is 126 Å². The predicted octanol–water partition coefficient (Wildman–Crippen LogP) is 5.32. The molecule has 0 radical (unpaired) electrons. The maximum Gasteiger partial charge on any atom is 0.114 e. The molecule has 17 heavy (non-hydrogen) atoms. The van der Waals surface area contributed by atoms with Gasteiger partial charge in [-0.15, -0.1) is 11.3 Å². The van der Waals surface area contributed by atoms with E-state index in [1.165, 1.54) is 11.3 Å². The topological polar surface area (TPSA) is 20.2 Å². The molecule has 1 atom stereocenters. The van der Waals surface area contributed by atoms with Crippen molar-refractivity contribution < 1.29 is 5.11 Å². The van der Waals surface area contributed by atoms with Crippen LogP contribution in [0.2, 0.25) is 4.34 Å². The van der Waals surface area contributed by atoms with Gasteiger partial charge >= 0.3 is 0 Å². The summed E-state index contributed by atoms with van der Waals surface area (Å²) in [6.07, 6.45) is -0.645. The molecule has 0 bridgehead atoms. The largest absolute Gasteiger partial charge is 0.383 e. The molecule has 0 saturated carbocycles. The molecule has 1 nitrogen and oxygen atoms in total. The third-order valence-corrected chi connectivity index (χ3v) is 5.19. The lowest BCUT2D eigenvalue weighted by molar-refractivity contribution is 0.223. The summed E-state index contributed by atoms with van der Waals surface area (Å²) in [6.45, 7) is 1.94. The highest BCUT2D eigenvalue weighted by molar-refractivity contribution is 9.11. The van der Waals surface area contributed by atoms with Crippen molar-refractivity contribution in [2.24, 2.45) is 0 Å². The van der Waals surface area contributed by atoms with Crippen LogP contribution in [0, 0.1) is 6.92 Å². The van der Waals surface area contributed by atoms with Crippen molar-refractivity contribution in [2.45, 2.75) is 13.0 Å². The molecule has 1 N–H and O–H groups in total. The Morgan fingerprint density at radius 1 is 1.29 bits per heavy atom. The van der Waals surface area contributed by atoms with Crippen molar-refractivity contribution in [3.8, 4) is 0 Å². The minimum Gasteiger partial charge on any atom is -0.383 e. The number of rotatable bonds is 2. The Morgan fingerprint density at radius 3 is 2.53 bits per heavy atom. The molecule has 1 heterocycles. The molecule has 0 saturated heterocycles. The first kappa shape index (κ1) is 13.6. The zero-order valence-electron chi connectivity index (χ0n) is 8.88. The van der Waals surface area contributed by atoms with E-state index in [2.05, 4.69) is 31.9 Å². The van der Waals surface area contributed by atoms with E-state index < -0.39 is 6.10 Å². The van der Waals surface area contributed by atoms with E-state index >= 15 is 0 Å². The smallest absolute Gasteiger partial charge is 0.114 e. The summed E-state index contributed by atoms with van der Waals surface area (Å²) in [7, 11) is 0. The maximum atomic E-state index is 10.3. The molecule has 0 amide bonds. The number of hydrogen-bond acceptors (Lipinski definition) is 2. The molecular weight excluding hydrogens is 387 g/mol. The van der Waals surface area contributed by atoms with E-state index in [1.54, 1.807) is 0 Å². The fourth-order valence-corrected chi connectivity index (χ4v) is 3.98. The molecule has 0 fully saturated rings. The van der Waals surface area contributed by atoms with Crippen molar-refractivity contribution in [1.29, 1.82) is 0 Å². The zero-order chi connectivity index (χ0) is 12.6. The van der Waals surface area contributed by atoms with E-state index in [4.69, 9.17) is 11.6 Å². The van der Waals surface area contributed by atoms with E-state index in [9.17, 15) is 5.11 Å². The average molecular weight is 397 g/mol. The first-order valence-corrected chi connectivity index (χ1v) is 7.66. The van der Waals surface area contributed by atoms with Gasteiger partial charge in [-0.2, -0.15) is 0 Å². The van der Waals surface area contributed by atoms with Crippen LogP contribution in [0.15, 0.2) is 33.2 Å². The van der Waals surface area contributed by atoms with Gasteiger partial charge in [-0.1, -0.05) is 49.5 Å². The Hall–Kier alpha value is 0.130. The molecule has 5 heteroatoms. The minimum atomic E-state index is -0.645. The Balaban J connectivity index is 2.39. The first-order chi connectivity index (χ1) is 7.99. The lowest BCUT2D eigenvalue weighted by Gasteiger charge is -2.11. The Kier molecular flexibility index (Phi) is 4.31. The summed E-state index contributed by atoms with van der Waals surface area (Å²) in [4.78, 5) is 0.857. The van der Waals surface area contributed by atoms with Gasteiger partial charge in [-0.25, -0.2) is 0 Å². The van der Waals surface area contributed by atoms with E-state index in [0.717, 1.165) is 29.3 Å². The highest BCUT2D eigenvalue weighted by atomic mass is 79.9. The van der Waals surface area contributed by atoms with Gasteiger partial charge in [0, 0.05) is 19.4 Å². The Morgan fingerprint density at radius 2 is 2.00 bits per heavy atom. The third-order valence-electron chi connectivity index (χ3n) is 2.40. The van der Waals surface area contributed by atoms with Gasteiger partial charge in [0.2, 0.25) is 0 Å². The normalized spacial score (nSPS) is 12.8. The fourth-order valence-electron chi connectivity index (χ4n) is 1.49. The van der Waals surface area contributed by atoms with Crippen LogP contribution < -0.4 is 0 Å². The summed E-state index contributed by atoms with van der Waals surface area (Å²) < 4.78 is 2.58. The molecule has 0 aliphatic carbocycles. The van der Waals surface area contributed by atoms with Gasteiger partial charge in [0.25, 0.3) is 0 Å². The first-order valence-electron chi connectivity index (χ1n) is 4.88. The molecule has 1 aromatic carbocycles. The van der Waals surface area contributed by atoms with Crippen molar-refractivity contribution in [3.05, 3.63) is 53.6 Å². The number of hydrogen-bond donors (Lipinski definition) is 1. The van der Waals surface area contributed by atoms with Crippen LogP contribution in [0.25, 0.3) is 0 Å². The summed E-state index contributed by atoms with van der Waals surface area (Å²) in [6, 6.07) is 7.64. The number of aryl methyl sites for hydroxylation is 1. The third kappa shape index (κ3) is 2.93. The van der Waals surface area contributed by atoms with Gasteiger partial charge in [0.15, 0.2) is 0 Å². The second-order valence-corrected chi connectivity index (χ2v) is 7.13. The molecule has 0 aliphatic heterocycles. The van der Waals surface area contributed by atoms with Gasteiger partial charge in [-0.05, 0) is 30.7 Å². The zero-order valence-corrected chi connectivity index (χ0v) is 13.6. The van der Waals surface area contributed by atoms with Crippen LogP contribution in [0.5, 0.6) is 0 Å². The second kappa shape index (κ2) is 5.41. The van der Waals surface area contributed by atoms with Crippen LogP contribution >= 0.6 is 54.8 Å². The molecule has 2 rings (SSSR count). The molecule has 0 spiro atoms. The fraction of sp³-hybridized carbons (Fsp3) is 0.167. The summed E-state index contributed by atoms with van der Waals surface area (Å²) in [5.41, 5.74) is 1.84. The Bertz CT molecular complexity index is 534. The lowest BCUT2D eigenvalue weighted by Crippen LogP contribution is -1.98. The van der Waals surface area contributed by atoms with E-state index in [-0.39, 0.29) is 0 Å². The standard InChI is InChI=1S/C12H9Br2ClOS/c1-6-4-10(17-12(6)15)11(16)8-3-2-7(13)5-9(8)14/h2-5,11,16H,1H3. The number of thiophene rings is 1. The number of benzene rings is 1. The maximum absolute atomic E-state index is 10.3. The number of aliphatic hydroxyl groups excluding tert-OH is 1. The lowest BCUT2D eigenvalue weighted by atomic mass is 10.1. The molecule has 1 aromatic heterocycles. The highest BCUT2D eigenvalue weighted by Gasteiger charge is 2.17. The van der Waals surface area contributed by atoms with Crippen LogP contribution in [-0.2, 0) is 0 Å². The van der Waals surface area contributed by atoms with Gasteiger partial charge < -0.3 is 5.11 Å². The molecule has 0 aliphatic rings. The molecule has 90 valence electrons. The number of aliphatic hydroxyl groups is 1. The summed E-state index contributed by atoms with van der Waals surface area (Å²) >= 11 is 14.3. The summed E-state index contributed by atoms with van der Waals surface area (Å²) in [5.74, 6) is 0. The second-order valence-electron chi connectivity index (χ2n) is 3.67. The quantitative estimate of drug-likeness (QED) is 0.729. The predicted molar refractivity (Wildman–Crippen MR) is 80.0 cm³/mol.